The lowest BCUT2D eigenvalue weighted by Crippen LogP contribution is -3.10. The van der Waals surface area contributed by atoms with Gasteiger partial charge in [0, 0.05) is 24.1 Å². The second kappa shape index (κ2) is 4.02. The van der Waals surface area contributed by atoms with Crippen molar-refractivity contribution in [2.24, 2.45) is 0 Å². The number of quaternary nitrogens is 1. The second-order valence-electron chi connectivity index (χ2n) is 6.05. The van der Waals surface area contributed by atoms with Crippen LogP contribution in [0.2, 0.25) is 0 Å². The van der Waals surface area contributed by atoms with Crippen molar-refractivity contribution in [3.63, 3.8) is 0 Å². The van der Waals surface area contributed by atoms with Gasteiger partial charge in [0.15, 0.2) is 0 Å². The molecule has 0 saturated carbocycles. The number of benzene rings is 1. The fourth-order valence-electron chi connectivity index (χ4n) is 3.56. The Morgan fingerprint density at radius 2 is 1.94 bits per heavy atom. The number of piperidine rings is 1. The van der Waals surface area contributed by atoms with Crippen LogP contribution in [0.15, 0.2) is 24.3 Å². The van der Waals surface area contributed by atoms with Crippen LogP contribution >= 0.6 is 0 Å². The summed E-state index contributed by atoms with van der Waals surface area (Å²) in [6, 6.07) is 8.84. The average molecular weight is 231 g/mol. The molecule has 2 heterocycles. The first kappa shape index (κ1) is 11.1. The quantitative estimate of drug-likeness (QED) is 0.694. The number of hydrogen-bond acceptors (Lipinski definition) is 1. The van der Waals surface area contributed by atoms with Crippen molar-refractivity contribution < 1.29 is 4.90 Å². The summed E-state index contributed by atoms with van der Waals surface area (Å²) >= 11 is 0. The van der Waals surface area contributed by atoms with E-state index in [-0.39, 0.29) is 0 Å². The average Bonchev–Trinajstić information content (AvgIpc) is 2.34. The third kappa shape index (κ3) is 1.95. The van der Waals surface area contributed by atoms with Crippen molar-refractivity contribution in [1.82, 2.24) is 0 Å². The molecule has 1 atom stereocenters. The molecule has 2 heteroatoms. The lowest BCUT2D eigenvalue weighted by atomic mass is 9.74. The van der Waals surface area contributed by atoms with Crippen LogP contribution in [0.3, 0.4) is 0 Å². The molecule has 1 spiro atoms. The van der Waals surface area contributed by atoms with Gasteiger partial charge in [0.1, 0.15) is 0 Å². The maximum atomic E-state index is 3.85. The molecule has 3 rings (SSSR count). The molecule has 0 unspecified atom stereocenters. The fourth-order valence-corrected chi connectivity index (χ4v) is 3.56. The van der Waals surface area contributed by atoms with E-state index >= 15 is 0 Å². The standard InChI is InChI=1S/C15H22N2/c1-12-11-15(7-9-17(2)10-8-15)16-14-6-4-3-5-13(12)14/h3-6,12,16H,7-11H2,1-2H3/p+1/t12-/m1/s1. The van der Waals surface area contributed by atoms with Crippen LogP contribution < -0.4 is 10.2 Å². The van der Waals surface area contributed by atoms with Crippen LogP contribution in [0.4, 0.5) is 5.69 Å². The maximum Gasteiger partial charge on any atom is 0.0791 e. The number of fused-ring (bicyclic) bond motifs is 1. The maximum absolute atomic E-state index is 3.85. The molecule has 17 heavy (non-hydrogen) atoms. The molecule has 0 aliphatic carbocycles. The van der Waals surface area contributed by atoms with Crippen molar-refractivity contribution >= 4 is 5.69 Å². The summed E-state index contributed by atoms with van der Waals surface area (Å²) in [4.78, 5) is 1.68. The highest BCUT2D eigenvalue weighted by Gasteiger charge is 2.40. The summed E-state index contributed by atoms with van der Waals surface area (Å²) in [6.45, 7) is 5.00. The minimum Gasteiger partial charge on any atom is -0.379 e. The Morgan fingerprint density at radius 1 is 1.24 bits per heavy atom. The van der Waals surface area contributed by atoms with Crippen LogP contribution in [0, 0.1) is 0 Å². The first-order chi connectivity index (χ1) is 8.19. The number of nitrogens with one attached hydrogen (secondary N) is 2. The Morgan fingerprint density at radius 3 is 2.71 bits per heavy atom. The molecule has 2 aliphatic rings. The van der Waals surface area contributed by atoms with Gasteiger partial charge in [0.25, 0.3) is 0 Å². The summed E-state index contributed by atoms with van der Waals surface area (Å²) in [7, 11) is 2.31. The second-order valence-corrected chi connectivity index (χ2v) is 6.05. The molecule has 92 valence electrons. The summed E-state index contributed by atoms with van der Waals surface area (Å²) in [5, 5.41) is 3.85. The molecule has 0 bridgehead atoms. The zero-order valence-corrected chi connectivity index (χ0v) is 10.9. The predicted molar refractivity (Wildman–Crippen MR) is 71.7 cm³/mol. The third-order valence-corrected chi connectivity index (χ3v) is 4.65. The van der Waals surface area contributed by atoms with E-state index in [0.29, 0.717) is 11.5 Å². The lowest BCUT2D eigenvalue weighted by Gasteiger charge is -2.45. The van der Waals surface area contributed by atoms with E-state index in [1.165, 1.54) is 43.6 Å². The summed E-state index contributed by atoms with van der Waals surface area (Å²) in [5.74, 6) is 0.700. The molecule has 2 N–H and O–H groups in total. The van der Waals surface area contributed by atoms with Gasteiger partial charge in [-0.25, -0.2) is 0 Å². The van der Waals surface area contributed by atoms with Gasteiger partial charge in [-0.1, -0.05) is 25.1 Å². The molecule has 0 amide bonds. The Balaban J connectivity index is 1.88. The van der Waals surface area contributed by atoms with Crippen LogP contribution in [0.25, 0.3) is 0 Å². The molecular formula is C15H23N2+. The first-order valence-corrected chi connectivity index (χ1v) is 6.87. The molecule has 1 aromatic carbocycles. The van der Waals surface area contributed by atoms with E-state index < -0.39 is 0 Å². The Hall–Kier alpha value is -1.02. The zero-order chi connectivity index (χ0) is 11.9. The van der Waals surface area contributed by atoms with Crippen LogP contribution in [0.1, 0.15) is 37.7 Å². The first-order valence-electron chi connectivity index (χ1n) is 6.87. The van der Waals surface area contributed by atoms with Gasteiger partial charge < -0.3 is 10.2 Å². The van der Waals surface area contributed by atoms with Crippen molar-refractivity contribution in [2.45, 2.75) is 37.6 Å². The van der Waals surface area contributed by atoms with Crippen molar-refractivity contribution in [2.75, 3.05) is 25.5 Å². The number of hydrogen-bond donors (Lipinski definition) is 2. The minimum absolute atomic E-state index is 0.382. The summed E-state index contributed by atoms with van der Waals surface area (Å²) < 4.78 is 0. The minimum atomic E-state index is 0.382. The van der Waals surface area contributed by atoms with Gasteiger partial charge in [-0.15, -0.1) is 0 Å². The number of likely N-dealkylation sites (tertiary alicyclic amines) is 1. The molecule has 0 aromatic heterocycles. The predicted octanol–water partition coefficient (Wildman–Crippen LogP) is 1.65. The van der Waals surface area contributed by atoms with E-state index in [4.69, 9.17) is 0 Å². The highest BCUT2D eigenvalue weighted by molar-refractivity contribution is 5.57. The smallest absolute Gasteiger partial charge is 0.0791 e. The van der Waals surface area contributed by atoms with Crippen LogP contribution in [0.5, 0.6) is 0 Å². The van der Waals surface area contributed by atoms with Gasteiger partial charge in [-0.2, -0.15) is 0 Å². The molecular weight excluding hydrogens is 208 g/mol. The van der Waals surface area contributed by atoms with Crippen molar-refractivity contribution in [3.05, 3.63) is 29.8 Å². The fraction of sp³-hybridized carbons (Fsp3) is 0.600. The largest absolute Gasteiger partial charge is 0.379 e. The molecule has 0 radical (unpaired) electrons. The van der Waals surface area contributed by atoms with E-state index in [9.17, 15) is 0 Å². The van der Waals surface area contributed by atoms with Crippen LogP contribution in [-0.2, 0) is 0 Å². The topological polar surface area (TPSA) is 16.5 Å². The number of para-hydroxylation sites is 1. The SMILES string of the molecule is C[C@@H]1CC2(CC[NH+](C)CC2)Nc2ccccc21. The normalized spacial score (nSPS) is 36.4. The highest BCUT2D eigenvalue weighted by Crippen LogP contribution is 2.41. The van der Waals surface area contributed by atoms with E-state index in [2.05, 4.69) is 43.6 Å². The van der Waals surface area contributed by atoms with Gasteiger partial charge >= 0.3 is 0 Å². The van der Waals surface area contributed by atoms with Gasteiger partial charge in [-0.05, 0) is 24.0 Å². The monoisotopic (exact) mass is 231 g/mol. The Bertz CT molecular complexity index is 405. The summed E-state index contributed by atoms with van der Waals surface area (Å²) in [5.41, 5.74) is 3.27. The highest BCUT2D eigenvalue weighted by atomic mass is 15.1. The molecule has 1 aromatic rings. The van der Waals surface area contributed by atoms with Gasteiger partial charge in [0.05, 0.1) is 20.1 Å². The van der Waals surface area contributed by atoms with Gasteiger partial charge in [-0.3, -0.25) is 0 Å². The molecule has 2 aliphatic heterocycles. The number of anilines is 1. The Kier molecular flexibility index (Phi) is 2.62. The Labute approximate surface area is 104 Å². The summed E-state index contributed by atoms with van der Waals surface area (Å²) in [6.07, 6.45) is 3.94. The third-order valence-electron chi connectivity index (χ3n) is 4.65. The van der Waals surface area contributed by atoms with Crippen molar-refractivity contribution in [1.29, 1.82) is 0 Å². The van der Waals surface area contributed by atoms with E-state index in [1.54, 1.807) is 4.90 Å². The molecule has 2 nitrogen and oxygen atoms in total. The number of rotatable bonds is 0. The zero-order valence-electron chi connectivity index (χ0n) is 10.9. The lowest BCUT2D eigenvalue weighted by molar-refractivity contribution is -0.885. The van der Waals surface area contributed by atoms with E-state index in [1.807, 2.05) is 0 Å². The van der Waals surface area contributed by atoms with Crippen LogP contribution in [-0.4, -0.2) is 25.7 Å². The molecule has 1 saturated heterocycles. The van der Waals surface area contributed by atoms with E-state index in [0.717, 1.165) is 0 Å². The molecule has 1 fully saturated rings. The van der Waals surface area contributed by atoms with Crippen molar-refractivity contribution in [3.8, 4) is 0 Å². The van der Waals surface area contributed by atoms with Gasteiger partial charge in [0.2, 0.25) is 0 Å².